The van der Waals surface area contributed by atoms with E-state index in [4.69, 9.17) is 16.3 Å². The van der Waals surface area contributed by atoms with E-state index in [0.717, 1.165) is 23.5 Å². The van der Waals surface area contributed by atoms with Crippen LogP contribution in [0.25, 0.3) is 5.70 Å². The number of benzene rings is 1. The summed E-state index contributed by atoms with van der Waals surface area (Å²) in [6.45, 7) is 6.21. The molecule has 0 spiro atoms. The van der Waals surface area contributed by atoms with Crippen LogP contribution in [0.3, 0.4) is 0 Å². The molecule has 24 heavy (non-hydrogen) atoms. The Morgan fingerprint density at radius 1 is 1.42 bits per heavy atom. The van der Waals surface area contributed by atoms with Gasteiger partial charge in [-0.15, -0.1) is 0 Å². The molecule has 128 valence electrons. The lowest BCUT2D eigenvalue weighted by molar-refractivity contribution is 0.242. The van der Waals surface area contributed by atoms with Crippen molar-refractivity contribution in [2.45, 2.75) is 39.8 Å². The molecule has 0 saturated heterocycles. The maximum Gasteiger partial charge on any atom is 0.329 e. The molecular weight excluding hydrogens is 353 g/mol. The maximum absolute atomic E-state index is 14.2. The van der Waals surface area contributed by atoms with Gasteiger partial charge in [0.25, 0.3) is 0 Å². The summed E-state index contributed by atoms with van der Waals surface area (Å²) >= 11 is 7.00. The van der Waals surface area contributed by atoms with Crippen molar-refractivity contribution in [3.63, 3.8) is 0 Å². The van der Waals surface area contributed by atoms with Crippen LogP contribution in [0.1, 0.15) is 27.2 Å². The number of rotatable bonds is 3. The Kier molecular flexibility index (Phi) is 4.64. The number of ether oxygens (including phenoxy) is 1. The van der Waals surface area contributed by atoms with E-state index in [-0.39, 0.29) is 21.7 Å². The van der Waals surface area contributed by atoms with Gasteiger partial charge in [-0.05, 0) is 44.6 Å². The highest BCUT2D eigenvalue weighted by Crippen LogP contribution is 2.32. The van der Waals surface area contributed by atoms with Gasteiger partial charge in [0.05, 0.1) is 11.1 Å². The molecule has 0 unspecified atom stereocenters. The van der Waals surface area contributed by atoms with Gasteiger partial charge in [-0.2, -0.15) is 0 Å². The second-order valence-corrected chi connectivity index (χ2v) is 7.06. The van der Waals surface area contributed by atoms with Crippen LogP contribution in [-0.2, 0) is 6.54 Å². The summed E-state index contributed by atoms with van der Waals surface area (Å²) in [5.41, 5.74) is 0.948. The van der Waals surface area contributed by atoms with E-state index < -0.39 is 5.82 Å². The Morgan fingerprint density at radius 2 is 2.17 bits per heavy atom. The maximum atomic E-state index is 14.2. The fraction of sp³-hybridized carbons (Fsp3) is 0.375. The number of hydrogen-bond donors (Lipinski definition) is 0. The van der Waals surface area contributed by atoms with E-state index >= 15 is 0 Å². The average molecular weight is 370 g/mol. The second-order valence-electron chi connectivity index (χ2n) is 5.73. The largest absolute Gasteiger partial charge is 0.489 e. The van der Waals surface area contributed by atoms with Crippen molar-refractivity contribution in [2.75, 3.05) is 0 Å². The SMILES string of the molecule is CC1=CCCn2c(=Nc3cc(OC(C)C)c(Cl)cc3F)sc(=O)n21. The Balaban J connectivity index is 2.15. The molecule has 1 aliphatic rings. The molecule has 0 atom stereocenters. The minimum Gasteiger partial charge on any atom is -0.489 e. The van der Waals surface area contributed by atoms with E-state index in [9.17, 15) is 9.18 Å². The fourth-order valence-electron chi connectivity index (χ4n) is 2.50. The van der Waals surface area contributed by atoms with E-state index in [1.807, 2.05) is 26.8 Å². The highest BCUT2D eigenvalue weighted by Gasteiger charge is 2.15. The molecule has 5 nitrogen and oxygen atoms in total. The molecule has 2 heterocycles. The first kappa shape index (κ1) is 17.0. The summed E-state index contributed by atoms with van der Waals surface area (Å²) in [7, 11) is 0. The highest BCUT2D eigenvalue weighted by atomic mass is 35.5. The Morgan fingerprint density at radius 3 is 2.88 bits per heavy atom. The lowest BCUT2D eigenvalue weighted by atomic mass is 10.3. The molecule has 0 N–H and O–H groups in total. The van der Waals surface area contributed by atoms with E-state index in [2.05, 4.69) is 4.99 Å². The zero-order valence-corrected chi connectivity index (χ0v) is 15.1. The fourth-order valence-corrected chi connectivity index (χ4v) is 3.60. The van der Waals surface area contributed by atoms with Crippen LogP contribution < -0.4 is 14.4 Å². The summed E-state index contributed by atoms with van der Waals surface area (Å²) in [6.07, 6.45) is 2.70. The van der Waals surface area contributed by atoms with E-state index in [1.54, 1.807) is 9.36 Å². The first-order valence-electron chi connectivity index (χ1n) is 7.57. The molecule has 2 aromatic rings. The van der Waals surface area contributed by atoms with Crippen LogP contribution in [-0.4, -0.2) is 15.5 Å². The third kappa shape index (κ3) is 3.18. The van der Waals surface area contributed by atoms with Crippen molar-refractivity contribution < 1.29 is 9.13 Å². The number of hydrogen-bond acceptors (Lipinski definition) is 4. The first-order valence-corrected chi connectivity index (χ1v) is 8.77. The van der Waals surface area contributed by atoms with Crippen LogP contribution in [0.15, 0.2) is 28.0 Å². The topological polar surface area (TPSA) is 48.5 Å². The Labute approximate surface area is 147 Å². The smallest absolute Gasteiger partial charge is 0.329 e. The van der Waals surface area contributed by atoms with Crippen molar-refractivity contribution in [3.8, 4) is 5.75 Å². The predicted octanol–water partition coefficient (Wildman–Crippen LogP) is 3.79. The minimum absolute atomic E-state index is 0.0960. The zero-order valence-electron chi connectivity index (χ0n) is 13.5. The van der Waals surface area contributed by atoms with E-state index in [1.165, 1.54) is 12.1 Å². The third-order valence-electron chi connectivity index (χ3n) is 3.51. The Bertz CT molecular complexity index is 940. The molecule has 0 radical (unpaired) electrons. The predicted molar refractivity (Wildman–Crippen MR) is 93.5 cm³/mol. The summed E-state index contributed by atoms with van der Waals surface area (Å²) in [4.78, 5) is 16.8. The second kappa shape index (κ2) is 6.57. The number of fused-ring (bicyclic) bond motifs is 1. The van der Waals surface area contributed by atoms with E-state index in [0.29, 0.717) is 17.1 Å². The quantitative estimate of drug-likeness (QED) is 0.826. The number of aromatic nitrogens is 2. The Hall–Kier alpha value is -1.86. The average Bonchev–Trinajstić information content (AvgIpc) is 2.81. The van der Waals surface area contributed by atoms with Crippen molar-refractivity contribution in [2.24, 2.45) is 4.99 Å². The standard InChI is InChI=1S/C16H17ClFN3O2S/c1-9(2)23-14-8-13(12(18)7-11(14)17)19-15-20-6-4-5-10(3)21(20)16(22)24-15/h5,7-9H,4,6H2,1-3H3. The minimum atomic E-state index is -0.556. The van der Waals surface area contributed by atoms with Crippen molar-refractivity contribution in [1.82, 2.24) is 9.36 Å². The number of nitrogens with zero attached hydrogens (tertiary/aromatic N) is 3. The number of halogens is 2. The molecule has 1 aliphatic heterocycles. The summed E-state index contributed by atoms with van der Waals surface area (Å²) in [5, 5.41) is 0.193. The number of allylic oxidation sites excluding steroid dienone is 2. The van der Waals surface area contributed by atoms with Gasteiger partial charge in [0, 0.05) is 18.3 Å². The van der Waals surface area contributed by atoms with Crippen molar-refractivity contribution in [3.05, 3.63) is 43.5 Å². The highest BCUT2D eigenvalue weighted by molar-refractivity contribution is 7.06. The van der Waals surface area contributed by atoms with Gasteiger partial charge in [0.1, 0.15) is 11.4 Å². The molecule has 0 fully saturated rings. The van der Waals surface area contributed by atoms with Crippen LogP contribution in [0.4, 0.5) is 10.1 Å². The lowest BCUT2D eigenvalue weighted by Crippen LogP contribution is -2.28. The van der Waals surface area contributed by atoms with Crippen LogP contribution in [0, 0.1) is 5.82 Å². The van der Waals surface area contributed by atoms with Crippen LogP contribution in [0.5, 0.6) is 5.75 Å². The summed E-state index contributed by atoms with van der Waals surface area (Å²) < 4.78 is 23.1. The third-order valence-corrected chi connectivity index (χ3v) is 4.64. The molecule has 1 aromatic carbocycles. The zero-order chi connectivity index (χ0) is 17.4. The van der Waals surface area contributed by atoms with Crippen LogP contribution in [0.2, 0.25) is 5.02 Å². The molecule has 1 aromatic heterocycles. The molecule has 0 bridgehead atoms. The monoisotopic (exact) mass is 369 g/mol. The van der Waals surface area contributed by atoms with Gasteiger partial charge in [0.2, 0.25) is 4.80 Å². The van der Waals surface area contributed by atoms with Crippen LogP contribution >= 0.6 is 22.9 Å². The van der Waals surface area contributed by atoms with Gasteiger partial charge in [-0.25, -0.2) is 14.1 Å². The molecule has 3 rings (SSSR count). The van der Waals surface area contributed by atoms with Gasteiger partial charge < -0.3 is 4.74 Å². The van der Waals surface area contributed by atoms with Crippen molar-refractivity contribution in [1.29, 1.82) is 0 Å². The normalized spacial score (nSPS) is 14.8. The summed E-state index contributed by atoms with van der Waals surface area (Å²) in [5.74, 6) is -0.187. The van der Waals surface area contributed by atoms with Gasteiger partial charge in [-0.3, -0.25) is 9.48 Å². The molecule has 8 heteroatoms. The molecular formula is C16H17ClFN3O2S. The summed E-state index contributed by atoms with van der Waals surface area (Å²) in [6, 6.07) is 2.64. The van der Waals surface area contributed by atoms with Crippen molar-refractivity contribution >= 4 is 34.3 Å². The first-order chi connectivity index (χ1) is 11.4. The van der Waals surface area contributed by atoms with Gasteiger partial charge >= 0.3 is 4.87 Å². The molecule has 0 saturated carbocycles. The molecule has 0 amide bonds. The van der Waals surface area contributed by atoms with Gasteiger partial charge in [-0.1, -0.05) is 17.7 Å². The lowest BCUT2D eigenvalue weighted by Gasteiger charge is -2.15. The van der Waals surface area contributed by atoms with Gasteiger partial charge in [0.15, 0.2) is 5.82 Å². The molecule has 0 aliphatic carbocycles.